The standard InChI is InChI=1S/C13H28N4O.HI/c1-11(2)9-15-12(14)16-10-13(17(3)4)5-7-18-8-6-13;/h11H,5-10H2,1-4H3,(H3,14,15,16);1H. The average molecular weight is 384 g/mol. The second-order valence-corrected chi connectivity index (χ2v) is 5.71. The van der Waals surface area contributed by atoms with E-state index in [1.54, 1.807) is 0 Å². The van der Waals surface area contributed by atoms with Gasteiger partial charge in [-0.3, -0.25) is 4.99 Å². The van der Waals surface area contributed by atoms with E-state index in [1.165, 1.54) is 0 Å². The highest BCUT2D eigenvalue weighted by Crippen LogP contribution is 2.26. The molecule has 1 heterocycles. The molecule has 1 fully saturated rings. The fourth-order valence-corrected chi connectivity index (χ4v) is 2.10. The van der Waals surface area contributed by atoms with Crippen molar-refractivity contribution in [2.45, 2.75) is 32.2 Å². The summed E-state index contributed by atoms with van der Waals surface area (Å²) in [5, 5.41) is 3.16. The molecule has 0 bridgehead atoms. The third-order valence-electron chi connectivity index (χ3n) is 3.61. The van der Waals surface area contributed by atoms with Gasteiger partial charge in [0.1, 0.15) is 0 Å². The van der Waals surface area contributed by atoms with Crippen molar-refractivity contribution in [2.24, 2.45) is 16.6 Å². The fraction of sp³-hybridized carbons (Fsp3) is 0.923. The third-order valence-corrected chi connectivity index (χ3v) is 3.61. The molecule has 0 amide bonds. The maximum absolute atomic E-state index is 5.89. The minimum atomic E-state index is 0. The first-order valence-electron chi connectivity index (χ1n) is 6.75. The Labute approximate surface area is 134 Å². The first-order valence-corrected chi connectivity index (χ1v) is 6.75. The number of aliphatic imine (C=N–C) groups is 1. The summed E-state index contributed by atoms with van der Waals surface area (Å²) in [6, 6.07) is 0. The van der Waals surface area contributed by atoms with E-state index in [0.29, 0.717) is 11.9 Å². The Morgan fingerprint density at radius 3 is 2.42 bits per heavy atom. The van der Waals surface area contributed by atoms with E-state index in [0.717, 1.165) is 39.1 Å². The highest BCUT2D eigenvalue weighted by atomic mass is 127. The normalized spacial score (nSPS) is 19.4. The van der Waals surface area contributed by atoms with Crippen LogP contribution in [0.4, 0.5) is 0 Å². The van der Waals surface area contributed by atoms with Crippen molar-refractivity contribution < 1.29 is 4.74 Å². The van der Waals surface area contributed by atoms with E-state index >= 15 is 0 Å². The predicted molar refractivity (Wildman–Crippen MR) is 91.2 cm³/mol. The predicted octanol–water partition coefficient (Wildman–Crippen LogP) is 1.28. The Bertz CT molecular complexity index is 276. The average Bonchev–Trinajstić information content (AvgIpc) is 2.34. The number of halogens is 1. The third kappa shape index (κ3) is 6.27. The molecule has 0 unspecified atom stereocenters. The van der Waals surface area contributed by atoms with Gasteiger partial charge in [0, 0.05) is 25.3 Å². The number of likely N-dealkylation sites (N-methyl/N-ethyl adjacent to an activating group) is 1. The highest BCUT2D eigenvalue weighted by Gasteiger charge is 2.34. The minimum Gasteiger partial charge on any atom is -0.381 e. The van der Waals surface area contributed by atoms with E-state index in [-0.39, 0.29) is 29.5 Å². The lowest BCUT2D eigenvalue weighted by molar-refractivity contribution is -0.00252. The zero-order valence-corrected chi connectivity index (χ0v) is 14.9. The van der Waals surface area contributed by atoms with Crippen LogP contribution in [0.2, 0.25) is 0 Å². The van der Waals surface area contributed by atoms with E-state index in [1.807, 2.05) is 0 Å². The number of guanidine groups is 1. The van der Waals surface area contributed by atoms with Crippen molar-refractivity contribution in [1.29, 1.82) is 0 Å². The van der Waals surface area contributed by atoms with E-state index in [2.05, 4.69) is 43.2 Å². The van der Waals surface area contributed by atoms with Gasteiger partial charge in [0.2, 0.25) is 0 Å². The summed E-state index contributed by atoms with van der Waals surface area (Å²) in [5.41, 5.74) is 5.99. The van der Waals surface area contributed by atoms with Gasteiger partial charge in [-0.15, -0.1) is 24.0 Å². The summed E-state index contributed by atoms with van der Waals surface area (Å²) in [4.78, 5) is 6.76. The Balaban J connectivity index is 0.00000324. The quantitative estimate of drug-likeness (QED) is 0.426. The largest absolute Gasteiger partial charge is 0.381 e. The van der Waals surface area contributed by atoms with Gasteiger partial charge >= 0.3 is 0 Å². The van der Waals surface area contributed by atoms with Crippen molar-refractivity contribution in [3.8, 4) is 0 Å². The first kappa shape index (κ1) is 18.9. The smallest absolute Gasteiger partial charge is 0.188 e. The maximum Gasteiger partial charge on any atom is 0.188 e. The molecule has 0 aromatic carbocycles. The van der Waals surface area contributed by atoms with Crippen LogP contribution in [0, 0.1) is 5.92 Å². The second-order valence-electron chi connectivity index (χ2n) is 5.71. The van der Waals surface area contributed by atoms with Gasteiger partial charge in [-0.25, -0.2) is 0 Å². The molecule has 0 aromatic heterocycles. The number of hydrogen-bond donors (Lipinski definition) is 2. The Kier molecular flexibility index (Phi) is 8.93. The lowest BCUT2D eigenvalue weighted by Crippen LogP contribution is -2.51. The Hall–Kier alpha value is -0.0800. The molecule has 6 heteroatoms. The molecule has 1 aliphatic heterocycles. The first-order chi connectivity index (χ1) is 8.46. The summed E-state index contributed by atoms with van der Waals surface area (Å²) in [7, 11) is 4.22. The van der Waals surface area contributed by atoms with Crippen molar-refractivity contribution in [3.05, 3.63) is 0 Å². The number of nitrogens with one attached hydrogen (secondary N) is 1. The monoisotopic (exact) mass is 384 g/mol. The summed E-state index contributed by atoms with van der Waals surface area (Å²) < 4.78 is 5.44. The van der Waals surface area contributed by atoms with Crippen molar-refractivity contribution in [1.82, 2.24) is 10.2 Å². The number of ether oxygens (including phenoxy) is 1. The van der Waals surface area contributed by atoms with Crippen LogP contribution >= 0.6 is 24.0 Å². The molecule has 1 rings (SSSR count). The molecule has 3 N–H and O–H groups in total. The molecular formula is C13H29IN4O. The van der Waals surface area contributed by atoms with Crippen LogP contribution in [0.15, 0.2) is 4.99 Å². The second kappa shape index (κ2) is 8.97. The van der Waals surface area contributed by atoms with Gasteiger partial charge < -0.3 is 20.7 Å². The maximum atomic E-state index is 5.89. The molecular weight excluding hydrogens is 355 g/mol. The molecule has 0 aromatic rings. The number of hydrogen-bond acceptors (Lipinski definition) is 3. The Morgan fingerprint density at radius 1 is 1.37 bits per heavy atom. The van der Waals surface area contributed by atoms with Crippen LogP contribution in [-0.2, 0) is 4.74 Å². The van der Waals surface area contributed by atoms with Gasteiger partial charge in [-0.05, 0) is 32.9 Å². The lowest BCUT2D eigenvalue weighted by Gasteiger charge is -2.41. The SMILES string of the molecule is CC(C)CNC(N)=NCC1(N(C)C)CCOCC1.I. The molecule has 1 aliphatic rings. The number of nitrogens with two attached hydrogens (primary N) is 1. The van der Waals surface area contributed by atoms with Crippen molar-refractivity contribution >= 4 is 29.9 Å². The zero-order valence-electron chi connectivity index (χ0n) is 12.6. The van der Waals surface area contributed by atoms with Gasteiger partial charge in [0.05, 0.1) is 6.54 Å². The van der Waals surface area contributed by atoms with Gasteiger partial charge in [0.15, 0.2) is 5.96 Å². The van der Waals surface area contributed by atoms with Gasteiger partial charge in [0.25, 0.3) is 0 Å². The van der Waals surface area contributed by atoms with E-state index < -0.39 is 0 Å². The summed E-state index contributed by atoms with van der Waals surface area (Å²) in [5.74, 6) is 1.13. The Morgan fingerprint density at radius 2 is 1.95 bits per heavy atom. The summed E-state index contributed by atoms with van der Waals surface area (Å²) >= 11 is 0. The molecule has 0 atom stereocenters. The molecule has 0 spiro atoms. The van der Waals surface area contributed by atoms with E-state index in [4.69, 9.17) is 10.5 Å². The summed E-state index contributed by atoms with van der Waals surface area (Å²) in [6.45, 7) is 7.54. The molecule has 114 valence electrons. The number of nitrogens with zero attached hydrogens (tertiary/aromatic N) is 2. The molecule has 0 radical (unpaired) electrons. The molecule has 0 aliphatic carbocycles. The topological polar surface area (TPSA) is 62.9 Å². The van der Waals surface area contributed by atoms with Gasteiger partial charge in [-0.2, -0.15) is 0 Å². The van der Waals surface area contributed by atoms with E-state index in [9.17, 15) is 0 Å². The zero-order chi connectivity index (χ0) is 13.6. The lowest BCUT2D eigenvalue weighted by atomic mass is 9.89. The van der Waals surface area contributed by atoms with Crippen LogP contribution < -0.4 is 11.1 Å². The fourth-order valence-electron chi connectivity index (χ4n) is 2.10. The van der Waals surface area contributed by atoms with Crippen molar-refractivity contribution in [3.63, 3.8) is 0 Å². The molecule has 1 saturated heterocycles. The molecule has 19 heavy (non-hydrogen) atoms. The highest BCUT2D eigenvalue weighted by molar-refractivity contribution is 14.0. The number of rotatable bonds is 5. The van der Waals surface area contributed by atoms with Crippen molar-refractivity contribution in [2.75, 3.05) is 40.4 Å². The molecule has 5 nitrogen and oxygen atoms in total. The van der Waals surface area contributed by atoms with Crippen LogP contribution in [0.3, 0.4) is 0 Å². The van der Waals surface area contributed by atoms with Crippen LogP contribution in [0.1, 0.15) is 26.7 Å². The minimum absolute atomic E-state index is 0. The van der Waals surface area contributed by atoms with Crippen LogP contribution in [-0.4, -0.2) is 56.8 Å². The molecule has 0 saturated carbocycles. The summed E-state index contributed by atoms with van der Waals surface area (Å²) in [6.07, 6.45) is 2.03. The van der Waals surface area contributed by atoms with Gasteiger partial charge in [-0.1, -0.05) is 13.8 Å². The van der Waals surface area contributed by atoms with Crippen LogP contribution in [0.5, 0.6) is 0 Å². The van der Waals surface area contributed by atoms with Crippen LogP contribution in [0.25, 0.3) is 0 Å².